The Kier molecular flexibility index (Phi) is 5.48. The largest absolute Gasteiger partial charge is 0.294 e. The fourth-order valence-electron chi connectivity index (χ4n) is 1.64. The monoisotopic (exact) mass is 217 g/mol. The van der Waals surface area contributed by atoms with Gasteiger partial charge < -0.3 is 0 Å². The van der Waals surface area contributed by atoms with Crippen molar-refractivity contribution >= 4 is 5.78 Å². The molecule has 0 bridgehead atoms. The van der Waals surface area contributed by atoms with E-state index in [1.165, 1.54) is 0 Å². The summed E-state index contributed by atoms with van der Waals surface area (Å²) in [7, 11) is 0. The number of rotatable bonds is 7. The first-order chi connectivity index (χ1) is 7.75. The van der Waals surface area contributed by atoms with Gasteiger partial charge >= 0.3 is 0 Å². The van der Waals surface area contributed by atoms with Crippen LogP contribution in [0, 0.1) is 6.92 Å². The Bertz CT molecular complexity index is 358. The lowest BCUT2D eigenvalue weighted by Gasteiger charge is -2.03. The van der Waals surface area contributed by atoms with E-state index in [1.54, 1.807) is 12.4 Å². The molecular formula is C14H19NO. The van der Waals surface area contributed by atoms with Crippen molar-refractivity contribution in [3.63, 3.8) is 0 Å². The maximum Gasteiger partial charge on any atom is 0.164 e. The van der Waals surface area contributed by atoms with Crippen LogP contribution in [0.2, 0.25) is 0 Å². The molecule has 2 nitrogen and oxygen atoms in total. The number of carbonyl (C=O) groups is 1. The van der Waals surface area contributed by atoms with E-state index in [0.717, 1.165) is 36.8 Å². The number of aryl methyl sites for hydroxylation is 1. The summed E-state index contributed by atoms with van der Waals surface area (Å²) in [6.07, 6.45) is 10.2. The van der Waals surface area contributed by atoms with Gasteiger partial charge in [-0.25, -0.2) is 0 Å². The summed E-state index contributed by atoms with van der Waals surface area (Å²) in [5.41, 5.74) is 1.79. The Morgan fingerprint density at radius 1 is 1.44 bits per heavy atom. The molecule has 16 heavy (non-hydrogen) atoms. The molecule has 0 aliphatic rings. The quantitative estimate of drug-likeness (QED) is 0.396. The van der Waals surface area contributed by atoms with Gasteiger partial charge in [-0.05, 0) is 37.8 Å². The van der Waals surface area contributed by atoms with Gasteiger partial charge in [0.25, 0.3) is 0 Å². The molecule has 0 aromatic carbocycles. The summed E-state index contributed by atoms with van der Waals surface area (Å²) >= 11 is 0. The number of pyridine rings is 1. The molecule has 2 heteroatoms. The molecule has 0 radical (unpaired) electrons. The van der Waals surface area contributed by atoms with Gasteiger partial charge in [0.15, 0.2) is 5.78 Å². The third-order valence-corrected chi connectivity index (χ3v) is 2.65. The Hall–Kier alpha value is -1.44. The Morgan fingerprint density at radius 2 is 2.25 bits per heavy atom. The van der Waals surface area contributed by atoms with Crippen molar-refractivity contribution in [2.75, 3.05) is 0 Å². The number of hydrogen-bond donors (Lipinski definition) is 0. The molecule has 0 saturated heterocycles. The first-order valence-corrected chi connectivity index (χ1v) is 5.80. The van der Waals surface area contributed by atoms with Crippen molar-refractivity contribution in [2.45, 2.75) is 39.0 Å². The lowest BCUT2D eigenvalue weighted by Crippen LogP contribution is -2.02. The molecule has 0 amide bonds. The lowest BCUT2D eigenvalue weighted by atomic mass is 10.0. The van der Waals surface area contributed by atoms with Crippen molar-refractivity contribution in [3.05, 3.63) is 42.2 Å². The summed E-state index contributed by atoms with van der Waals surface area (Å²) in [5.74, 6) is 0.212. The van der Waals surface area contributed by atoms with Gasteiger partial charge in [0.1, 0.15) is 0 Å². The number of unbranched alkanes of at least 4 members (excludes halogenated alkanes) is 3. The average Bonchev–Trinajstić information content (AvgIpc) is 2.29. The van der Waals surface area contributed by atoms with E-state index in [0.29, 0.717) is 6.42 Å². The predicted molar refractivity (Wildman–Crippen MR) is 66.6 cm³/mol. The highest BCUT2D eigenvalue weighted by atomic mass is 16.1. The van der Waals surface area contributed by atoms with E-state index in [1.807, 2.05) is 19.1 Å². The summed E-state index contributed by atoms with van der Waals surface area (Å²) in [4.78, 5) is 15.8. The highest BCUT2D eigenvalue weighted by Gasteiger charge is 2.07. The van der Waals surface area contributed by atoms with Gasteiger partial charge in [-0.3, -0.25) is 9.78 Å². The zero-order chi connectivity index (χ0) is 11.8. The smallest absolute Gasteiger partial charge is 0.164 e. The minimum Gasteiger partial charge on any atom is -0.294 e. The van der Waals surface area contributed by atoms with Gasteiger partial charge in [-0.2, -0.15) is 0 Å². The Labute approximate surface area is 97.4 Å². The van der Waals surface area contributed by atoms with E-state index in [-0.39, 0.29) is 5.78 Å². The van der Waals surface area contributed by atoms with E-state index in [4.69, 9.17) is 0 Å². The molecule has 86 valence electrons. The molecular weight excluding hydrogens is 198 g/mol. The number of allylic oxidation sites excluding steroid dienone is 1. The molecule has 1 aromatic rings. The number of hydrogen-bond acceptors (Lipinski definition) is 2. The third-order valence-electron chi connectivity index (χ3n) is 2.65. The van der Waals surface area contributed by atoms with Crippen LogP contribution in [0.1, 0.15) is 48.0 Å². The lowest BCUT2D eigenvalue weighted by molar-refractivity contribution is 0.0978. The number of aromatic nitrogens is 1. The van der Waals surface area contributed by atoms with E-state index < -0.39 is 0 Å². The van der Waals surface area contributed by atoms with Crippen molar-refractivity contribution in [1.29, 1.82) is 0 Å². The standard InChI is InChI=1S/C14H19NO/c1-3-4-5-6-7-8-14(16)13-11-15-10-9-12(13)2/h3,9-11H,1,4-8H2,2H3. The third kappa shape index (κ3) is 3.97. The van der Waals surface area contributed by atoms with Crippen LogP contribution < -0.4 is 0 Å². The van der Waals surface area contributed by atoms with Crippen LogP contribution in [-0.4, -0.2) is 10.8 Å². The van der Waals surface area contributed by atoms with Gasteiger partial charge in [0.2, 0.25) is 0 Å². The van der Waals surface area contributed by atoms with Crippen LogP contribution in [0.4, 0.5) is 0 Å². The van der Waals surface area contributed by atoms with Gasteiger partial charge in [0.05, 0.1) is 0 Å². The minimum absolute atomic E-state index is 0.212. The summed E-state index contributed by atoms with van der Waals surface area (Å²) in [5, 5.41) is 0. The topological polar surface area (TPSA) is 30.0 Å². The van der Waals surface area contributed by atoms with Crippen LogP contribution in [0.15, 0.2) is 31.1 Å². The molecule has 0 aliphatic carbocycles. The molecule has 0 atom stereocenters. The molecule has 0 saturated carbocycles. The van der Waals surface area contributed by atoms with Crippen molar-refractivity contribution in [2.24, 2.45) is 0 Å². The molecule has 1 heterocycles. The van der Waals surface area contributed by atoms with E-state index in [2.05, 4.69) is 11.6 Å². The number of Topliss-reactive ketones (excluding diaryl/α,β-unsaturated/α-hetero) is 1. The van der Waals surface area contributed by atoms with E-state index >= 15 is 0 Å². The molecule has 0 spiro atoms. The SMILES string of the molecule is C=CCCCCCC(=O)c1cnccc1C. The van der Waals surface area contributed by atoms with Crippen molar-refractivity contribution in [1.82, 2.24) is 4.98 Å². The number of carbonyl (C=O) groups excluding carboxylic acids is 1. The normalized spacial score (nSPS) is 10.1. The maximum atomic E-state index is 11.8. The van der Waals surface area contributed by atoms with Gasteiger partial charge in [0, 0.05) is 24.4 Å². The molecule has 0 aliphatic heterocycles. The first kappa shape index (κ1) is 12.6. The molecule has 1 rings (SSSR count). The molecule has 0 N–H and O–H groups in total. The molecule has 1 aromatic heterocycles. The molecule has 0 unspecified atom stereocenters. The first-order valence-electron chi connectivity index (χ1n) is 5.80. The van der Waals surface area contributed by atoms with Crippen LogP contribution in [0.5, 0.6) is 0 Å². The van der Waals surface area contributed by atoms with Gasteiger partial charge in [-0.1, -0.05) is 12.5 Å². The zero-order valence-electron chi connectivity index (χ0n) is 9.91. The summed E-state index contributed by atoms with van der Waals surface area (Å²) < 4.78 is 0. The van der Waals surface area contributed by atoms with Crippen LogP contribution in [-0.2, 0) is 0 Å². The second-order valence-electron chi connectivity index (χ2n) is 4.00. The van der Waals surface area contributed by atoms with Crippen LogP contribution in [0.3, 0.4) is 0 Å². The Morgan fingerprint density at radius 3 is 2.94 bits per heavy atom. The second kappa shape index (κ2) is 6.94. The van der Waals surface area contributed by atoms with Crippen LogP contribution in [0.25, 0.3) is 0 Å². The number of nitrogens with zero attached hydrogens (tertiary/aromatic N) is 1. The summed E-state index contributed by atoms with van der Waals surface area (Å²) in [6.45, 7) is 5.63. The number of ketones is 1. The fraction of sp³-hybridized carbons (Fsp3) is 0.429. The minimum atomic E-state index is 0.212. The van der Waals surface area contributed by atoms with E-state index in [9.17, 15) is 4.79 Å². The maximum absolute atomic E-state index is 11.8. The molecule has 0 fully saturated rings. The van der Waals surface area contributed by atoms with Gasteiger partial charge in [-0.15, -0.1) is 6.58 Å². The van der Waals surface area contributed by atoms with Crippen molar-refractivity contribution in [3.8, 4) is 0 Å². The van der Waals surface area contributed by atoms with Crippen LogP contribution >= 0.6 is 0 Å². The average molecular weight is 217 g/mol. The predicted octanol–water partition coefficient (Wildman–Crippen LogP) is 3.71. The highest BCUT2D eigenvalue weighted by molar-refractivity contribution is 5.97. The second-order valence-corrected chi connectivity index (χ2v) is 4.00. The zero-order valence-corrected chi connectivity index (χ0v) is 9.91. The highest BCUT2D eigenvalue weighted by Crippen LogP contribution is 2.11. The Balaban J connectivity index is 2.36. The van der Waals surface area contributed by atoms with Crippen molar-refractivity contribution < 1.29 is 4.79 Å². The fourth-order valence-corrected chi connectivity index (χ4v) is 1.64. The summed E-state index contributed by atoms with van der Waals surface area (Å²) in [6, 6.07) is 1.88.